The fourth-order valence-corrected chi connectivity index (χ4v) is 2.46. The molecular formula is C19H17NO5. The van der Waals surface area contributed by atoms with Gasteiger partial charge in [-0.1, -0.05) is 30.3 Å². The van der Waals surface area contributed by atoms with Crippen LogP contribution in [-0.2, 0) is 4.79 Å². The monoisotopic (exact) mass is 339 g/mol. The van der Waals surface area contributed by atoms with Crippen molar-refractivity contribution in [1.82, 2.24) is 5.32 Å². The highest BCUT2D eigenvalue weighted by molar-refractivity contribution is 5.94. The van der Waals surface area contributed by atoms with Crippen LogP contribution in [0, 0.1) is 0 Å². The number of carbonyl (C=O) groups excluding carboxylic acids is 1. The molecule has 3 aromatic rings. The van der Waals surface area contributed by atoms with Crippen LogP contribution in [-0.4, -0.2) is 34.7 Å². The summed E-state index contributed by atoms with van der Waals surface area (Å²) in [5.41, 5.74) is 2.11. The van der Waals surface area contributed by atoms with Crippen molar-refractivity contribution in [2.24, 2.45) is 0 Å². The van der Waals surface area contributed by atoms with Crippen LogP contribution in [0.15, 0.2) is 59.0 Å². The van der Waals surface area contributed by atoms with Gasteiger partial charge >= 0.3 is 5.97 Å². The lowest BCUT2D eigenvalue weighted by atomic mass is 10.1. The van der Waals surface area contributed by atoms with Gasteiger partial charge < -0.3 is 19.9 Å². The summed E-state index contributed by atoms with van der Waals surface area (Å²) in [6.07, 6.45) is -1.52. The van der Waals surface area contributed by atoms with Crippen molar-refractivity contribution in [1.29, 1.82) is 0 Å². The summed E-state index contributed by atoms with van der Waals surface area (Å²) in [4.78, 5) is 22.5. The molecular weight excluding hydrogens is 322 g/mol. The van der Waals surface area contributed by atoms with E-state index in [-0.39, 0.29) is 18.9 Å². The van der Waals surface area contributed by atoms with Crippen LogP contribution < -0.4 is 5.32 Å². The molecule has 3 N–H and O–H groups in total. The Balaban J connectivity index is 1.65. The first-order chi connectivity index (χ1) is 12.0. The lowest BCUT2D eigenvalue weighted by Crippen LogP contribution is -2.30. The molecule has 0 spiro atoms. The lowest BCUT2D eigenvalue weighted by Gasteiger charge is -2.07. The number of nitrogens with one attached hydrogen (secondary N) is 1. The number of rotatable bonds is 6. The molecule has 0 bridgehead atoms. The normalized spacial score (nSPS) is 12.0. The predicted octanol–water partition coefficient (Wildman–Crippen LogP) is 2.67. The molecule has 6 nitrogen and oxygen atoms in total. The van der Waals surface area contributed by atoms with E-state index in [1.165, 1.54) is 0 Å². The number of carboxylic acid groups (broad SMARTS) is 1. The maximum Gasteiger partial charge on any atom is 0.332 e. The summed E-state index contributed by atoms with van der Waals surface area (Å²) < 4.78 is 5.78. The molecule has 0 fully saturated rings. The fourth-order valence-electron chi connectivity index (χ4n) is 2.46. The van der Waals surface area contributed by atoms with Crippen molar-refractivity contribution in [2.75, 3.05) is 6.54 Å². The average Bonchev–Trinajstić information content (AvgIpc) is 3.05. The van der Waals surface area contributed by atoms with Crippen LogP contribution in [0.25, 0.3) is 22.3 Å². The van der Waals surface area contributed by atoms with E-state index in [4.69, 9.17) is 9.52 Å². The molecule has 3 rings (SSSR count). The molecule has 1 aromatic heterocycles. The van der Waals surface area contributed by atoms with Crippen molar-refractivity contribution in [2.45, 2.75) is 12.5 Å². The first-order valence-corrected chi connectivity index (χ1v) is 7.82. The first-order valence-electron chi connectivity index (χ1n) is 7.82. The highest BCUT2D eigenvalue weighted by Gasteiger charge is 2.13. The molecule has 0 aliphatic rings. The summed E-state index contributed by atoms with van der Waals surface area (Å²) in [6.45, 7) is 0.0810. The summed E-state index contributed by atoms with van der Waals surface area (Å²) in [5.74, 6) is -0.907. The second-order valence-corrected chi connectivity index (χ2v) is 5.62. The number of hydrogen-bond acceptors (Lipinski definition) is 4. The van der Waals surface area contributed by atoms with E-state index in [0.29, 0.717) is 5.56 Å². The maximum atomic E-state index is 12.0. The summed E-state index contributed by atoms with van der Waals surface area (Å²) in [5, 5.41) is 21.3. The molecule has 0 saturated heterocycles. The molecule has 2 aromatic carbocycles. The van der Waals surface area contributed by atoms with Crippen LogP contribution in [0.3, 0.4) is 0 Å². The third kappa shape index (κ3) is 3.87. The molecule has 0 aliphatic carbocycles. The topological polar surface area (TPSA) is 99.8 Å². The first kappa shape index (κ1) is 16.7. The van der Waals surface area contributed by atoms with E-state index in [1.54, 1.807) is 24.3 Å². The van der Waals surface area contributed by atoms with Gasteiger partial charge in [0.15, 0.2) is 6.10 Å². The van der Waals surface area contributed by atoms with Gasteiger partial charge in [-0.3, -0.25) is 4.79 Å². The Kier molecular flexibility index (Phi) is 4.81. The Morgan fingerprint density at radius 1 is 1.08 bits per heavy atom. The second-order valence-electron chi connectivity index (χ2n) is 5.62. The van der Waals surface area contributed by atoms with E-state index in [2.05, 4.69) is 5.32 Å². The van der Waals surface area contributed by atoms with E-state index in [9.17, 15) is 14.7 Å². The maximum absolute atomic E-state index is 12.0. The van der Waals surface area contributed by atoms with Crippen molar-refractivity contribution in [3.63, 3.8) is 0 Å². The van der Waals surface area contributed by atoms with E-state index in [1.807, 2.05) is 30.3 Å². The number of aliphatic carboxylic acids is 1. The third-order valence-electron chi connectivity index (χ3n) is 3.85. The molecule has 0 radical (unpaired) electrons. The SMILES string of the molecule is O=C(NCCC(O)C(=O)O)c1ccc(-c2cc3ccccc3o2)cc1. The number of furan rings is 1. The number of fused-ring (bicyclic) bond motifs is 1. The van der Waals surface area contributed by atoms with Crippen molar-refractivity contribution >= 4 is 22.8 Å². The van der Waals surface area contributed by atoms with Crippen molar-refractivity contribution in [3.05, 3.63) is 60.2 Å². The highest BCUT2D eigenvalue weighted by Crippen LogP contribution is 2.27. The van der Waals surface area contributed by atoms with Crippen molar-refractivity contribution < 1.29 is 24.2 Å². The summed E-state index contributed by atoms with van der Waals surface area (Å²) in [7, 11) is 0. The number of para-hydroxylation sites is 1. The van der Waals surface area contributed by atoms with Gasteiger partial charge in [0, 0.05) is 29.5 Å². The van der Waals surface area contributed by atoms with Gasteiger partial charge in [-0.2, -0.15) is 0 Å². The molecule has 0 aliphatic heterocycles. The number of amides is 1. The highest BCUT2D eigenvalue weighted by atomic mass is 16.4. The quantitative estimate of drug-likeness (QED) is 0.641. The zero-order chi connectivity index (χ0) is 17.8. The van der Waals surface area contributed by atoms with Crippen LogP contribution in [0.5, 0.6) is 0 Å². The summed E-state index contributed by atoms with van der Waals surface area (Å²) >= 11 is 0. The molecule has 1 amide bonds. The molecule has 1 unspecified atom stereocenters. The zero-order valence-corrected chi connectivity index (χ0v) is 13.3. The standard InChI is InChI=1S/C19H17NO5/c21-15(19(23)24)9-10-20-18(22)13-7-5-12(6-8-13)17-11-14-3-1-2-4-16(14)25-17/h1-8,11,15,21H,9-10H2,(H,20,22)(H,23,24). The van der Waals surface area contributed by atoms with Crippen LogP contribution >= 0.6 is 0 Å². The molecule has 1 atom stereocenters. The zero-order valence-electron chi connectivity index (χ0n) is 13.3. The second kappa shape index (κ2) is 7.19. The van der Waals surface area contributed by atoms with Gasteiger partial charge in [-0.15, -0.1) is 0 Å². The lowest BCUT2D eigenvalue weighted by molar-refractivity contribution is -0.146. The van der Waals surface area contributed by atoms with Gasteiger partial charge in [0.25, 0.3) is 5.91 Å². The minimum Gasteiger partial charge on any atom is -0.479 e. The Labute approximate surface area is 143 Å². The third-order valence-corrected chi connectivity index (χ3v) is 3.85. The van der Waals surface area contributed by atoms with Crippen LogP contribution in [0.1, 0.15) is 16.8 Å². The number of benzene rings is 2. The Morgan fingerprint density at radius 2 is 1.80 bits per heavy atom. The van der Waals surface area contributed by atoms with Gasteiger partial charge in [0.1, 0.15) is 11.3 Å². The van der Waals surface area contributed by atoms with E-state index < -0.39 is 12.1 Å². The number of aliphatic hydroxyl groups is 1. The molecule has 128 valence electrons. The Hall–Kier alpha value is -3.12. The molecule has 6 heteroatoms. The number of carbonyl (C=O) groups is 2. The number of aliphatic hydroxyl groups excluding tert-OH is 1. The van der Waals surface area contributed by atoms with Gasteiger partial charge in [0.05, 0.1) is 0 Å². The van der Waals surface area contributed by atoms with Gasteiger partial charge in [-0.05, 0) is 24.3 Å². The molecule has 0 saturated carbocycles. The predicted molar refractivity (Wildman–Crippen MR) is 92.2 cm³/mol. The van der Waals surface area contributed by atoms with Gasteiger partial charge in [-0.25, -0.2) is 4.79 Å². The summed E-state index contributed by atoms with van der Waals surface area (Å²) in [6, 6.07) is 16.6. The average molecular weight is 339 g/mol. The largest absolute Gasteiger partial charge is 0.479 e. The Bertz CT molecular complexity index is 865. The number of carboxylic acids is 1. The van der Waals surface area contributed by atoms with Crippen LogP contribution in [0.4, 0.5) is 0 Å². The van der Waals surface area contributed by atoms with Gasteiger partial charge in [0.2, 0.25) is 0 Å². The van der Waals surface area contributed by atoms with E-state index in [0.717, 1.165) is 22.3 Å². The minimum atomic E-state index is -1.48. The smallest absolute Gasteiger partial charge is 0.332 e. The molecule has 25 heavy (non-hydrogen) atoms. The fraction of sp³-hybridized carbons (Fsp3) is 0.158. The Morgan fingerprint density at radius 3 is 2.48 bits per heavy atom. The van der Waals surface area contributed by atoms with Crippen molar-refractivity contribution in [3.8, 4) is 11.3 Å². The minimum absolute atomic E-state index is 0.0435. The number of hydrogen-bond donors (Lipinski definition) is 3. The van der Waals surface area contributed by atoms with Crippen LogP contribution in [0.2, 0.25) is 0 Å². The molecule has 1 heterocycles. The van der Waals surface area contributed by atoms with E-state index >= 15 is 0 Å².